The number of thiophene rings is 1. The fourth-order valence-electron chi connectivity index (χ4n) is 1.28. The van der Waals surface area contributed by atoms with Crippen LogP contribution in [0.2, 0.25) is 0 Å². The highest BCUT2D eigenvalue weighted by molar-refractivity contribution is 7.90. The fraction of sp³-hybridized carbons (Fsp3) is 0.556. The maximum Gasteiger partial charge on any atom is 0.147 e. The molecule has 0 radical (unpaired) electrons. The van der Waals surface area contributed by atoms with E-state index >= 15 is 0 Å². The maximum atomic E-state index is 11.0. The van der Waals surface area contributed by atoms with E-state index in [9.17, 15) is 8.42 Å². The van der Waals surface area contributed by atoms with Crippen molar-refractivity contribution < 1.29 is 8.42 Å². The van der Waals surface area contributed by atoms with Crippen LogP contribution < -0.4 is 11.3 Å². The Labute approximate surface area is 94.4 Å². The van der Waals surface area contributed by atoms with Crippen molar-refractivity contribution in [1.82, 2.24) is 5.43 Å². The first-order valence-electron chi connectivity index (χ1n) is 4.62. The van der Waals surface area contributed by atoms with Crippen LogP contribution in [0.3, 0.4) is 0 Å². The number of hydrogen-bond donors (Lipinski definition) is 2. The molecule has 15 heavy (non-hydrogen) atoms. The summed E-state index contributed by atoms with van der Waals surface area (Å²) in [5.74, 6) is 5.56. The summed E-state index contributed by atoms with van der Waals surface area (Å²) in [5.41, 5.74) is 2.65. The van der Waals surface area contributed by atoms with E-state index in [0.717, 1.165) is 4.88 Å². The van der Waals surface area contributed by atoms with Crippen LogP contribution in [0.25, 0.3) is 0 Å². The van der Waals surface area contributed by atoms with Gasteiger partial charge in [0.1, 0.15) is 9.84 Å². The number of sulfone groups is 1. The standard InChI is InChI=1S/C9H16N2O2S2/c1-7-3-4-9(14-7)8(11-10)5-6-15(2,12)13/h3-4,8,11H,5-6,10H2,1-2H3. The second-order valence-corrected chi connectivity index (χ2v) is 7.17. The molecule has 0 bridgehead atoms. The monoisotopic (exact) mass is 248 g/mol. The Bertz CT molecular complexity index is 412. The van der Waals surface area contributed by atoms with Crippen LogP contribution in [0.4, 0.5) is 0 Å². The lowest BCUT2D eigenvalue weighted by molar-refractivity contribution is 0.538. The Morgan fingerprint density at radius 1 is 1.53 bits per heavy atom. The number of aryl methyl sites for hydroxylation is 1. The molecule has 4 nitrogen and oxygen atoms in total. The molecule has 0 aliphatic rings. The van der Waals surface area contributed by atoms with Gasteiger partial charge in [-0.2, -0.15) is 0 Å². The molecule has 0 aliphatic heterocycles. The zero-order valence-corrected chi connectivity index (χ0v) is 10.5. The number of rotatable bonds is 5. The molecule has 0 saturated carbocycles. The number of nitrogens with one attached hydrogen (secondary N) is 1. The topological polar surface area (TPSA) is 72.2 Å². The van der Waals surface area contributed by atoms with E-state index in [1.165, 1.54) is 11.1 Å². The Morgan fingerprint density at radius 3 is 2.60 bits per heavy atom. The minimum absolute atomic E-state index is 0.0709. The highest BCUT2D eigenvalue weighted by Crippen LogP contribution is 2.24. The zero-order chi connectivity index (χ0) is 11.5. The van der Waals surface area contributed by atoms with E-state index in [-0.39, 0.29) is 11.8 Å². The van der Waals surface area contributed by atoms with Gasteiger partial charge in [-0.15, -0.1) is 11.3 Å². The molecule has 6 heteroatoms. The van der Waals surface area contributed by atoms with Crippen molar-refractivity contribution >= 4 is 21.2 Å². The van der Waals surface area contributed by atoms with E-state index in [2.05, 4.69) is 5.43 Å². The van der Waals surface area contributed by atoms with E-state index in [4.69, 9.17) is 5.84 Å². The third kappa shape index (κ3) is 4.29. The summed E-state index contributed by atoms with van der Waals surface area (Å²) < 4.78 is 22.0. The van der Waals surface area contributed by atoms with E-state index < -0.39 is 9.84 Å². The Kier molecular flexibility index (Phi) is 4.27. The van der Waals surface area contributed by atoms with Gasteiger partial charge < -0.3 is 0 Å². The smallest absolute Gasteiger partial charge is 0.147 e. The van der Waals surface area contributed by atoms with Gasteiger partial charge >= 0.3 is 0 Å². The zero-order valence-electron chi connectivity index (χ0n) is 8.86. The lowest BCUT2D eigenvalue weighted by atomic mass is 10.2. The van der Waals surface area contributed by atoms with Crippen LogP contribution in [0, 0.1) is 6.92 Å². The summed E-state index contributed by atoms with van der Waals surface area (Å²) in [7, 11) is -2.92. The second kappa shape index (κ2) is 5.07. The average Bonchev–Trinajstić information content (AvgIpc) is 2.51. The van der Waals surface area contributed by atoms with Crippen LogP contribution >= 0.6 is 11.3 Å². The first-order valence-corrected chi connectivity index (χ1v) is 7.50. The lowest BCUT2D eigenvalue weighted by Crippen LogP contribution is -2.28. The van der Waals surface area contributed by atoms with Crippen LogP contribution in [-0.4, -0.2) is 20.4 Å². The van der Waals surface area contributed by atoms with Crippen molar-refractivity contribution in [1.29, 1.82) is 0 Å². The molecule has 86 valence electrons. The minimum Gasteiger partial charge on any atom is -0.271 e. The summed E-state index contributed by atoms with van der Waals surface area (Å²) >= 11 is 1.63. The first kappa shape index (κ1) is 12.6. The molecule has 1 atom stereocenters. The van der Waals surface area contributed by atoms with Gasteiger partial charge in [0, 0.05) is 16.0 Å². The van der Waals surface area contributed by atoms with Gasteiger partial charge in [-0.3, -0.25) is 11.3 Å². The third-order valence-electron chi connectivity index (χ3n) is 2.08. The summed E-state index contributed by atoms with van der Waals surface area (Å²) in [6.07, 6.45) is 1.75. The van der Waals surface area contributed by atoms with Crippen molar-refractivity contribution in [2.24, 2.45) is 5.84 Å². The van der Waals surface area contributed by atoms with Gasteiger partial charge in [0.25, 0.3) is 0 Å². The van der Waals surface area contributed by atoms with Gasteiger partial charge in [0.2, 0.25) is 0 Å². The Morgan fingerprint density at radius 2 is 2.20 bits per heavy atom. The van der Waals surface area contributed by atoms with Crippen molar-refractivity contribution in [3.63, 3.8) is 0 Å². The summed E-state index contributed by atoms with van der Waals surface area (Å²) in [6.45, 7) is 2.01. The SMILES string of the molecule is Cc1ccc(C(CCS(C)(=O)=O)NN)s1. The van der Waals surface area contributed by atoms with E-state index in [1.54, 1.807) is 11.3 Å². The van der Waals surface area contributed by atoms with Gasteiger partial charge in [-0.05, 0) is 25.5 Å². The van der Waals surface area contributed by atoms with Crippen LogP contribution in [0.5, 0.6) is 0 Å². The molecule has 0 fully saturated rings. The second-order valence-electron chi connectivity index (χ2n) is 3.59. The van der Waals surface area contributed by atoms with E-state index in [0.29, 0.717) is 6.42 Å². The van der Waals surface area contributed by atoms with Crippen molar-refractivity contribution in [3.8, 4) is 0 Å². The van der Waals surface area contributed by atoms with Gasteiger partial charge in [0.05, 0.1) is 11.8 Å². The molecule has 1 unspecified atom stereocenters. The summed E-state index contributed by atoms with van der Waals surface area (Å²) in [5, 5.41) is 0. The number of hydrogen-bond acceptors (Lipinski definition) is 5. The molecule has 0 aromatic carbocycles. The molecule has 1 aromatic rings. The predicted molar refractivity (Wildman–Crippen MR) is 63.4 cm³/mol. The van der Waals surface area contributed by atoms with Crippen molar-refractivity contribution in [2.75, 3.05) is 12.0 Å². The number of hydrazine groups is 1. The molecular weight excluding hydrogens is 232 g/mol. The quantitative estimate of drug-likeness (QED) is 0.602. The molecule has 3 N–H and O–H groups in total. The van der Waals surface area contributed by atoms with Gasteiger partial charge in [-0.1, -0.05) is 0 Å². The van der Waals surface area contributed by atoms with Crippen molar-refractivity contribution in [2.45, 2.75) is 19.4 Å². The summed E-state index contributed by atoms with van der Waals surface area (Å²) in [4.78, 5) is 2.28. The maximum absolute atomic E-state index is 11.0. The average molecular weight is 248 g/mol. The molecule has 0 amide bonds. The molecule has 0 spiro atoms. The van der Waals surface area contributed by atoms with Crippen molar-refractivity contribution in [3.05, 3.63) is 21.9 Å². The fourth-order valence-corrected chi connectivity index (χ4v) is 2.92. The van der Waals surface area contributed by atoms with Gasteiger partial charge in [-0.25, -0.2) is 8.42 Å². The predicted octanol–water partition coefficient (Wildman–Crippen LogP) is 0.996. The molecule has 1 heterocycles. The molecular formula is C9H16N2O2S2. The number of nitrogens with two attached hydrogens (primary N) is 1. The Balaban J connectivity index is 2.65. The van der Waals surface area contributed by atoms with Crippen LogP contribution in [-0.2, 0) is 9.84 Å². The molecule has 0 aliphatic carbocycles. The van der Waals surface area contributed by atoms with Crippen LogP contribution in [0.15, 0.2) is 12.1 Å². The normalized spacial score (nSPS) is 14.1. The molecule has 1 rings (SSSR count). The summed E-state index contributed by atoms with van der Waals surface area (Å²) in [6, 6.07) is 3.91. The highest BCUT2D eigenvalue weighted by Gasteiger charge is 2.14. The minimum atomic E-state index is -2.92. The molecule has 1 aromatic heterocycles. The molecule has 0 saturated heterocycles. The largest absolute Gasteiger partial charge is 0.271 e. The van der Waals surface area contributed by atoms with Crippen LogP contribution in [0.1, 0.15) is 22.2 Å². The highest BCUT2D eigenvalue weighted by atomic mass is 32.2. The third-order valence-corrected chi connectivity index (χ3v) is 4.17. The lowest BCUT2D eigenvalue weighted by Gasteiger charge is -2.12. The van der Waals surface area contributed by atoms with E-state index in [1.807, 2.05) is 19.1 Å². The van der Waals surface area contributed by atoms with Gasteiger partial charge in [0.15, 0.2) is 0 Å². The Hall–Kier alpha value is -0.430. The first-order chi connectivity index (χ1) is 6.92.